The number of fused-ring (bicyclic) bond motifs is 4. The molecule has 0 aromatic heterocycles. The van der Waals surface area contributed by atoms with Gasteiger partial charge in [0.25, 0.3) is 0 Å². The number of carbonyl (C=O) groups is 8. The second kappa shape index (κ2) is 33.2. The molecule has 4 heterocycles. The monoisotopic (exact) mass is 1700 g/mol. The van der Waals surface area contributed by atoms with Crippen molar-refractivity contribution in [2.75, 3.05) is 26.4 Å². The van der Waals surface area contributed by atoms with E-state index in [4.69, 9.17) is 112 Å². The lowest BCUT2D eigenvalue weighted by atomic mass is 9.71. The van der Waals surface area contributed by atoms with Crippen LogP contribution in [-0.2, 0) is 41.4 Å². The third-order valence-electron chi connectivity index (χ3n) is 23.9. The summed E-state index contributed by atoms with van der Waals surface area (Å²) in [5, 5.41) is 2.50. The number of alkyl halides is 3. The van der Waals surface area contributed by atoms with Gasteiger partial charge in [-0.1, -0.05) is 291 Å². The maximum absolute atomic E-state index is 13.2. The summed E-state index contributed by atoms with van der Waals surface area (Å²) in [4.78, 5) is 105. The van der Waals surface area contributed by atoms with Crippen LogP contribution in [0.15, 0.2) is 201 Å². The van der Waals surface area contributed by atoms with Gasteiger partial charge in [0.05, 0.1) is 52.7 Å². The summed E-state index contributed by atoms with van der Waals surface area (Å²) in [7, 11) is 0. The highest BCUT2D eigenvalue weighted by Gasteiger charge is 2.64. The van der Waals surface area contributed by atoms with Crippen LogP contribution in [-0.4, -0.2) is 76.5 Å². The molecule has 8 aliphatic rings. The van der Waals surface area contributed by atoms with Crippen molar-refractivity contribution in [3.63, 3.8) is 0 Å². The molecule has 4 atom stereocenters. The minimum Gasteiger partial charge on any atom is -0.364 e. The van der Waals surface area contributed by atoms with Crippen LogP contribution in [0.4, 0.5) is 0 Å². The lowest BCUT2D eigenvalue weighted by Gasteiger charge is -2.28. The Balaban J connectivity index is 0.000000133. The maximum atomic E-state index is 13.2. The van der Waals surface area contributed by atoms with Crippen molar-refractivity contribution in [1.82, 2.24) is 0 Å². The number of hydrogen-bond acceptors (Lipinski definition) is 12. The Morgan fingerprint density at radius 3 is 0.930 bits per heavy atom. The number of rotatable bonds is 18. The zero-order valence-electron chi connectivity index (χ0n) is 64.3. The number of hydrogen-bond donors (Lipinski definition) is 0. The lowest BCUT2D eigenvalue weighted by Crippen LogP contribution is -2.37. The van der Waals surface area contributed by atoms with Crippen LogP contribution >= 0.6 is 92.8 Å². The number of benzene rings is 9. The van der Waals surface area contributed by atoms with Crippen LogP contribution in [0, 0.1) is 49.4 Å². The molecule has 4 aliphatic heterocycles. The van der Waals surface area contributed by atoms with Crippen molar-refractivity contribution >= 4 is 145 Å². The Morgan fingerprint density at radius 2 is 0.635 bits per heavy atom. The van der Waals surface area contributed by atoms with E-state index in [0.29, 0.717) is 144 Å². The second-order valence-electron chi connectivity index (χ2n) is 31.3. The normalized spacial score (nSPS) is 21.9. The molecule has 4 aliphatic carbocycles. The summed E-state index contributed by atoms with van der Waals surface area (Å²) < 4.78 is 21.6. The molecule has 20 heteroatoms. The van der Waals surface area contributed by atoms with Gasteiger partial charge in [0.2, 0.25) is 0 Å². The molecule has 0 bridgehead atoms. The number of allylic oxidation sites excluding steroid dienone is 1. The zero-order valence-corrected chi connectivity index (χ0v) is 70.3. The smallest absolute Gasteiger partial charge is 0.193 e. The first-order chi connectivity index (χ1) is 54.1. The molecular formula is C95H88Cl8O12. The van der Waals surface area contributed by atoms with Gasteiger partial charge in [0.1, 0.15) is 27.8 Å². The van der Waals surface area contributed by atoms with E-state index in [1.165, 1.54) is 12.1 Å². The number of halogens is 8. The molecule has 0 radical (unpaired) electrons. The van der Waals surface area contributed by atoms with Gasteiger partial charge in [-0.25, -0.2) is 0 Å². The van der Waals surface area contributed by atoms with Crippen molar-refractivity contribution in [3.8, 4) is 0 Å². The first-order valence-electron chi connectivity index (χ1n) is 38.0. The van der Waals surface area contributed by atoms with E-state index in [2.05, 4.69) is 18.7 Å². The second-order valence-corrected chi connectivity index (χ2v) is 36.0. The average molecular weight is 1710 g/mol. The van der Waals surface area contributed by atoms with E-state index in [0.717, 1.165) is 55.6 Å². The van der Waals surface area contributed by atoms with Crippen molar-refractivity contribution in [2.24, 2.45) is 21.7 Å². The van der Waals surface area contributed by atoms with Gasteiger partial charge in [-0.2, -0.15) is 0 Å². The van der Waals surface area contributed by atoms with Crippen LogP contribution in [0.1, 0.15) is 226 Å². The summed E-state index contributed by atoms with van der Waals surface area (Å²) >= 11 is 47.8. The number of ketones is 8. The van der Waals surface area contributed by atoms with E-state index in [1.807, 2.05) is 159 Å². The van der Waals surface area contributed by atoms with Crippen LogP contribution in [0.5, 0.6) is 0 Å². The largest absolute Gasteiger partial charge is 0.364 e. The Morgan fingerprint density at radius 1 is 0.339 bits per heavy atom. The predicted octanol–water partition coefficient (Wildman–Crippen LogP) is 24.7. The van der Waals surface area contributed by atoms with Crippen LogP contribution in [0.25, 0.3) is 5.57 Å². The SMILES string of the molecule is C.C=C(CC1(CC)C(=O)c2ccccc2C1=O)c1cccc(Cl)c1.CCC1(CC2(c3cc(C)cc(Cl)c3)CO2)C(=O)c2ccccc2C1=O.CCC1(CC2(c3cccc(C)c3)CO2)C(=O)c2cc(Cl)c(Cl)cc2C1=O.CCC1(CC2(c3cccc(C)c3)CO2)C(=O)c2ccccc2C1=O.Cc1cc(Cl)cc(C2(CC(Cl)(Cl)Cl)CO2)c1. The van der Waals surface area contributed by atoms with Gasteiger partial charge in [-0.3, -0.25) is 38.4 Å². The quantitative estimate of drug-likeness (QED) is 0.0450. The average Bonchev–Trinajstić information content (AvgIpc) is 1.57. The van der Waals surface area contributed by atoms with Gasteiger partial charge < -0.3 is 18.9 Å². The van der Waals surface area contributed by atoms with E-state index < -0.39 is 47.9 Å². The standard InChI is InChI=1S/C21H18Cl2O3.C21H19ClO3.C21H20O3.C20H17ClO2.C11H10Cl4O.CH4/c1-3-20(10-21(11-26-21)13-6-4-5-12(2)7-13)18(24)14-8-16(22)17(23)9-15(14)19(20)25;1-3-20(18(23)16-6-4-5-7-17(16)19(20)24)11-21(12-25-21)14-8-13(2)9-15(22)10-14;1-3-20(18(22)16-9-4-5-10-17(16)19(20)23)12-21(13-24-21)15-8-6-7-14(2)11-15;1-3-20(12-13(2)14-7-6-8-15(21)11-14)18(22)16-9-4-5-10-17(16)19(20)23;1-7-2-8(4-9(12)3-7)10(6-16-10)5-11(13,14)15;/h4-9H,3,10-11H2,1-2H3;4-10H,3,11-12H2,1-2H3;4-11H,3,12-13H2,1-2H3;4-11H,2-3,12H2,1H3;2-4H,5-6H2,1H3;1H4. The van der Waals surface area contributed by atoms with Gasteiger partial charge >= 0.3 is 0 Å². The van der Waals surface area contributed by atoms with Crippen LogP contribution in [0.3, 0.4) is 0 Å². The van der Waals surface area contributed by atoms with Gasteiger partial charge in [-0.15, -0.1) is 0 Å². The summed E-state index contributed by atoms with van der Waals surface area (Å²) in [6.07, 6.45) is 3.60. The van der Waals surface area contributed by atoms with Crippen molar-refractivity contribution in [1.29, 1.82) is 0 Å². The maximum Gasteiger partial charge on any atom is 0.193 e. The fraction of sp³-hybridized carbons (Fsp3) is 0.326. The Bertz CT molecular complexity index is 5260. The first-order valence-corrected chi connectivity index (χ1v) is 41.0. The molecule has 4 saturated heterocycles. The number of ether oxygens (including phenoxy) is 4. The molecule has 0 N–H and O–H groups in total. The third-order valence-corrected chi connectivity index (χ3v) is 25.7. The van der Waals surface area contributed by atoms with Crippen molar-refractivity contribution in [2.45, 2.75) is 147 Å². The fourth-order valence-corrected chi connectivity index (χ4v) is 18.9. The number of aryl methyl sites for hydroxylation is 4. The van der Waals surface area contributed by atoms with E-state index >= 15 is 0 Å². The van der Waals surface area contributed by atoms with E-state index in [-0.39, 0.29) is 63.7 Å². The molecule has 9 aromatic rings. The molecule has 17 rings (SSSR count). The number of Topliss-reactive ketones (excluding diaryl/α,β-unsaturated/α-hetero) is 8. The first kappa shape index (κ1) is 86.6. The predicted molar refractivity (Wildman–Crippen MR) is 457 cm³/mol. The highest BCUT2D eigenvalue weighted by Crippen LogP contribution is 2.58. The molecule has 0 spiro atoms. The molecule has 4 unspecified atom stereocenters. The molecular weight excluding hydrogens is 1620 g/mol. The van der Waals surface area contributed by atoms with Crippen molar-refractivity contribution in [3.05, 3.63) is 320 Å². The number of epoxide rings is 4. The molecule has 9 aromatic carbocycles. The molecule has 0 amide bonds. The summed E-state index contributed by atoms with van der Waals surface area (Å²) in [6, 6.07) is 59.4. The fourth-order valence-electron chi connectivity index (χ4n) is 17.1. The summed E-state index contributed by atoms with van der Waals surface area (Å²) in [6.45, 7) is 21.8. The Kier molecular flexibility index (Phi) is 25.0. The molecule has 12 nitrogen and oxygen atoms in total. The molecule has 115 heavy (non-hydrogen) atoms. The van der Waals surface area contributed by atoms with E-state index in [9.17, 15) is 38.4 Å². The third kappa shape index (κ3) is 16.5. The minimum atomic E-state index is -1.31. The Labute approximate surface area is 711 Å². The minimum absolute atomic E-state index is 0. The van der Waals surface area contributed by atoms with Crippen LogP contribution in [0.2, 0.25) is 25.1 Å². The zero-order chi connectivity index (χ0) is 82.0. The van der Waals surface area contributed by atoms with Gasteiger partial charge in [-0.05, 0) is 153 Å². The van der Waals surface area contributed by atoms with Crippen molar-refractivity contribution < 1.29 is 57.3 Å². The highest BCUT2D eigenvalue weighted by atomic mass is 35.6. The summed E-state index contributed by atoms with van der Waals surface area (Å²) in [5.74, 6) is -0.801. The molecule has 4 fully saturated rings. The Hall–Kier alpha value is -7.76. The van der Waals surface area contributed by atoms with Gasteiger partial charge in [0.15, 0.2) is 50.1 Å². The number of carbonyl (C=O) groups excluding carboxylic acids is 8. The lowest BCUT2D eigenvalue weighted by molar-refractivity contribution is 0.0606. The summed E-state index contributed by atoms with van der Waals surface area (Å²) in [5.41, 5.74) is 7.60. The topological polar surface area (TPSA) is 187 Å². The van der Waals surface area contributed by atoms with Crippen LogP contribution < -0.4 is 0 Å². The highest BCUT2D eigenvalue weighted by molar-refractivity contribution is 6.67. The van der Waals surface area contributed by atoms with Gasteiger partial charge in [0, 0.05) is 85.3 Å². The molecule has 0 saturated carbocycles. The van der Waals surface area contributed by atoms with E-state index in [1.54, 1.807) is 66.7 Å². The molecule has 596 valence electrons.